The van der Waals surface area contributed by atoms with E-state index in [0.717, 1.165) is 22.3 Å². The number of benzene rings is 1. The Bertz CT molecular complexity index is 347. The molecule has 0 aliphatic rings. The predicted molar refractivity (Wildman–Crippen MR) is 73.8 cm³/mol. The molecule has 88 valence electrons. The number of nitrogens with two attached hydrogens (primary N) is 1. The number of hydrogen-bond acceptors (Lipinski definition) is 3. The summed E-state index contributed by atoms with van der Waals surface area (Å²) >= 11 is 4.98. The molecule has 0 unspecified atom stereocenters. The molecule has 0 aliphatic carbocycles. The van der Waals surface area contributed by atoms with Gasteiger partial charge in [-0.2, -0.15) is 11.8 Å². The van der Waals surface area contributed by atoms with Gasteiger partial charge in [0, 0.05) is 4.47 Å². The average Bonchev–Trinajstić information content (AvgIpc) is 2.28. The van der Waals surface area contributed by atoms with Gasteiger partial charge in [0.2, 0.25) is 5.91 Å². The molecule has 0 atom stereocenters. The Morgan fingerprint density at radius 1 is 1.44 bits per heavy atom. The minimum atomic E-state index is 0.0221. The number of amides is 1. The molecule has 1 aromatic rings. The average molecular weight is 303 g/mol. The van der Waals surface area contributed by atoms with Crippen molar-refractivity contribution < 1.29 is 4.79 Å². The smallest absolute Gasteiger partial charge is 0.234 e. The second kappa shape index (κ2) is 7.70. The Hall–Kier alpha value is -0.520. The number of thioether (sulfide) groups is 1. The number of halogens is 1. The fraction of sp³-hybridized carbons (Fsp3) is 0.364. The third-order valence-electron chi connectivity index (χ3n) is 1.87. The molecule has 1 aromatic carbocycles. The van der Waals surface area contributed by atoms with Crippen LogP contribution >= 0.6 is 27.7 Å². The van der Waals surface area contributed by atoms with Gasteiger partial charge in [0.05, 0.1) is 11.4 Å². The normalized spacial score (nSPS) is 10.1. The first-order chi connectivity index (χ1) is 7.74. The van der Waals surface area contributed by atoms with E-state index in [-0.39, 0.29) is 5.91 Å². The van der Waals surface area contributed by atoms with Gasteiger partial charge in [0.15, 0.2) is 0 Å². The minimum absolute atomic E-state index is 0.0221. The van der Waals surface area contributed by atoms with E-state index in [9.17, 15) is 4.79 Å². The van der Waals surface area contributed by atoms with E-state index in [0.29, 0.717) is 12.3 Å². The van der Waals surface area contributed by atoms with Gasteiger partial charge in [-0.05, 0) is 46.8 Å². The molecule has 0 bridgehead atoms. The van der Waals surface area contributed by atoms with E-state index in [1.54, 1.807) is 11.8 Å². The fourth-order valence-corrected chi connectivity index (χ4v) is 2.26. The third-order valence-corrected chi connectivity index (χ3v) is 3.61. The van der Waals surface area contributed by atoms with E-state index in [1.165, 1.54) is 0 Å². The van der Waals surface area contributed by atoms with Crippen LogP contribution in [0.3, 0.4) is 0 Å². The molecule has 0 saturated carbocycles. The first-order valence-electron chi connectivity index (χ1n) is 5.06. The van der Waals surface area contributed by atoms with Crippen LogP contribution in [-0.4, -0.2) is 24.0 Å². The fourth-order valence-electron chi connectivity index (χ4n) is 1.10. The maximum Gasteiger partial charge on any atom is 0.234 e. The zero-order valence-electron chi connectivity index (χ0n) is 8.91. The molecule has 3 nitrogen and oxygen atoms in total. The van der Waals surface area contributed by atoms with Gasteiger partial charge in [-0.15, -0.1) is 0 Å². The molecule has 0 fully saturated rings. The van der Waals surface area contributed by atoms with Crippen LogP contribution in [0, 0.1) is 0 Å². The van der Waals surface area contributed by atoms with Gasteiger partial charge < -0.3 is 11.1 Å². The van der Waals surface area contributed by atoms with Crippen LogP contribution in [0.25, 0.3) is 0 Å². The first-order valence-corrected chi connectivity index (χ1v) is 7.01. The predicted octanol–water partition coefficient (Wildman–Crippen LogP) is 2.47. The van der Waals surface area contributed by atoms with Crippen molar-refractivity contribution in [3.8, 4) is 0 Å². The molecule has 0 spiro atoms. The highest BCUT2D eigenvalue weighted by Gasteiger charge is 2.04. The lowest BCUT2D eigenvalue weighted by molar-refractivity contribution is -0.113. The first kappa shape index (κ1) is 13.5. The van der Waals surface area contributed by atoms with E-state index in [2.05, 4.69) is 21.2 Å². The monoisotopic (exact) mass is 302 g/mol. The molecular weight excluding hydrogens is 288 g/mol. The standard InChI is InChI=1S/C11H15BrN2OS/c12-9-4-1-2-5-10(9)14-11(15)8-16-7-3-6-13/h1-2,4-5H,3,6-8,13H2,(H,14,15). The van der Waals surface area contributed by atoms with Crippen LogP contribution in [-0.2, 0) is 4.79 Å². The lowest BCUT2D eigenvalue weighted by Crippen LogP contribution is -2.15. The Balaban J connectivity index is 2.32. The van der Waals surface area contributed by atoms with Crippen LogP contribution in [0.15, 0.2) is 28.7 Å². The maximum absolute atomic E-state index is 11.5. The summed E-state index contributed by atoms with van der Waals surface area (Å²) in [5, 5.41) is 2.85. The molecule has 0 aliphatic heterocycles. The van der Waals surface area contributed by atoms with Crippen molar-refractivity contribution in [1.29, 1.82) is 0 Å². The van der Waals surface area contributed by atoms with E-state index < -0.39 is 0 Å². The molecule has 1 rings (SSSR count). The second-order valence-electron chi connectivity index (χ2n) is 3.22. The molecule has 3 N–H and O–H groups in total. The van der Waals surface area contributed by atoms with Crippen molar-refractivity contribution in [2.75, 3.05) is 23.4 Å². The highest BCUT2D eigenvalue weighted by atomic mass is 79.9. The minimum Gasteiger partial charge on any atom is -0.330 e. The van der Waals surface area contributed by atoms with E-state index in [1.807, 2.05) is 24.3 Å². The van der Waals surface area contributed by atoms with Crippen molar-refractivity contribution in [2.45, 2.75) is 6.42 Å². The van der Waals surface area contributed by atoms with Crippen LogP contribution < -0.4 is 11.1 Å². The lowest BCUT2D eigenvalue weighted by atomic mass is 10.3. The molecule has 0 saturated heterocycles. The van der Waals surface area contributed by atoms with Gasteiger partial charge in [-0.25, -0.2) is 0 Å². The highest BCUT2D eigenvalue weighted by Crippen LogP contribution is 2.21. The molecule has 0 aromatic heterocycles. The summed E-state index contributed by atoms with van der Waals surface area (Å²) in [7, 11) is 0. The SMILES string of the molecule is NCCCSCC(=O)Nc1ccccc1Br. The van der Waals surface area contributed by atoms with Gasteiger partial charge in [0.1, 0.15) is 0 Å². The number of para-hydroxylation sites is 1. The molecule has 16 heavy (non-hydrogen) atoms. The van der Waals surface area contributed by atoms with E-state index >= 15 is 0 Å². The van der Waals surface area contributed by atoms with Crippen molar-refractivity contribution in [3.63, 3.8) is 0 Å². The Labute approximate surface area is 108 Å². The zero-order chi connectivity index (χ0) is 11.8. The Morgan fingerprint density at radius 2 is 2.19 bits per heavy atom. The van der Waals surface area contributed by atoms with Crippen molar-refractivity contribution in [2.24, 2.45) is 5.73 Å². The summed E-state index contributed by atoms with van der Waals surface area (Å²) in [5.74, 6) is 1.43. The van der Waals surface area contributed by atoms with Gasteiger partial charge in [-0.1, -0.05) is 12.1 Å². The quantitative estimate of drug-likeness (QED) is 0.794. The summed E-state index contributed by atoms with van der Waals surface area (Å²) in [6.07, 6.45) is 0.951. The highest BCUT2D eigenvalue weighted by molar-refractivity contribution is 9.10. The number of anilines is 1. The molecule has 5 heteroatoms. The van der Waals surface area contributed by atoms with Crippen molar-refractivity contribution in [1.82, 2.24) is 0 Å². The summed E-state index contributed by atoms with van der Waals surface area (Å²) in [6, 6.07) is 7.57. The number of carbonyl (C=O) groups is 1. The topological polar surface area (TPSA) is 55.1 Å². The Kier molecular flexibility index (Phi) is 6.52. The summed E-state index contributed by atoms with van der Waals surface area (Å²) in [6.45, 7) is 0.679. The van der Waals surface area contributed by atoms with Crippen molar-refractivity contribution in [3.05, 3.63) is 28.7 Å². The largest absolute Gasteiger partial charge is 0.330 e. The Morgan fingerprint density at radius 3 is 2.88 bits per heavy atom. The number of carbonyl (C=O) groups excluding carboxylic acids is 1. The van der Waals surface area contributed by atoms with Crippen LogP contribution in [0.2, 0.25) is 0 Å². The second-order valence-corrected chi connectivity index (χ2v) is 5.18. The molecule has 0 radical (unpaired) electrons. The van der Waals surface area contributed by atoms with Gasteiger partial charge in [-0.3, -0.25) is 4.79 Å². The van der Waals surface area contributed by atoms with Crippen LogP contribution in [0.5, 0.6) is 0 Å². The van der Waals surface area contributed by atoms with Crippen LogP contribution in [0.1, 0.15) is 6.42 Å². The van der Waals surface area contributed by atoms with Gasteiger partial charge >= 0.3 is 0 Å². The summed E-state index contributed by atoms with van der Waals surface area (Å²) in [4.78, 5) is 11.5. The summed E-state index contributed by atoms with van der Waals surface area (Å²) < 4.78 is 0.898. The number of rotatable bonds is 6. The molecule has 1 amide bonds. The van der Waals surface area contributed by atoms with Crippen molar-refractivity contribution >= 4 is 39.3 Å². The maximum atomic E-state index is 11.5. The number of hydrogen-bond donors (Lipinski definition) is 2. The molecule has 0 heterocycles. The zero-order valence-corrected chi connectivity index (χ0v) is 11.3. The van der Waals surface area contributed by atoms with E-state index in [4.69, 9.17) is 5.73 Å². The lowest BCUT2D eigenvalue weighted by Gasteiger charge is -2.06. The van der Waals surface area contributed by atoms with Crippen LogP contribution in [0.4, 0.5) is 5.69 Å². The summed E-state index contributed by atoms with van der Waals surface area (Å²) in [5.41, 5.74) is 6.18. The molecular formula is C11H15BrN2OS. The number of nitrogens with one attached hydrogen (secondary N) is 1. The van der Waals surface area contributed by atoms with Gasteiger partial charge in [0.25, 0.3) is 0 Å². The third kappa shape index (κ3) is 5.01.